The van der Waals surface area contributed by atoms with Gasteiger partial charge in [0.15, 0.2) is 5.41 Å². The predicted molar refractivity (Wildman–Crippen MR) is 134 cm³/mol. The molecule has 0 radical (unpaired) electrons. The third kappa shape index (κ3) is 3.82. The Morgan fingerprint density at radius 2 is 1.81 bits per heavy atom. The normalized spacial score (nSPS) is 21.2. The number of amides is 4. The maximum atomic E-state index is 13.2. The Morgan fingerprint density at radius 3 is 2.49 bits per heavy atom. The minimum Gasteiger partial charge on any atom is -0.494 e. The summed E-state index contributed by atoms with van der Waals surface area (Å²) in [5.74, 6) is -1.78. The summed E-state index contributed by atoms with van der Waals surface area (Å²) < 4.78 is 1.05. The molecule has 13 nitrogen and oxygen atoms in total. The maximum absolute atomic E-state index is 13.2. The average molecular weight is 510 g/mol. The Morgan fingerprint density at radius 1 is 1.11 bits per heavy atom. The highest BCUT2D eigenvalue weighted by Gasteiger charge is 2.60. The van der Waals surface area contributed by atoms with Gasteiger partial charge in [-0.15, -0.1) is 0 Å². The van der Waals surface area contributed by atoms with Crippen molar-refractivity contribution in [3.8, 4) is 5.88 Å². The van der Waals surface area contributed by atoms with E-state index < -0.39 is 52.5 Å². The van der Waals surface area contributed by atoms with Gasteiger partial charge in [0, 0.05) is 37.6 Å². The molecule has 13 heteroatoms. The van der Waals surface area contributed by atoms with E-state index in [1.54, 1.807) is 26.0 Å². The zero-order valence-corrected chi connectivity index (χ0v) is 20.6. The number of rotatable bonds is 3. The number of H-pyrrole nitrogens is 1. The van der Waals surface area contributed by atoms with E-state index in [0.29, 0.717) is 24.3 Å². The lowest BCUT2D eigenvalue weighted by molar-refractivity contribution is -0.147. The molecule has 4 amide bonds. The highest BCUT2D eigenvalue weighted by atomic mass is 16.3. The third-order valence-corrected chi connectivity index (χ3v) is 7.27. The lowest BCUT2D eigenvalue weighted by Crippen LogP contribution is -2.74. The summed E-state index contributed by atoms with van der Waals surface area (Å²) in [4.78, 5) is 73.2. The van der Waals surface area contributed by atoms with Crippen LogP contribution in [0.1, 0.15) is 31.0 Å². The Kier molecular flexibility index (Phi) is 5.74. The molecule has 1 atom stereocenters. The SMILES string of the molecule is CC(C)n1c(O)c(C=Nc2ccc3c(c2)CC2(C(=O)NC(=O)NC2=O)[C@@H]2CN(C)CCN32)c(=O)[nH]c1=O. The van der Waals surface area contributed by atoms with Crippen LogP contribution in [0.2, 0.25) is 0 Å². The van der Waals surface area contributed by atoms with E-state index in [1.165, 1.54) is 6.21 Å². The molecule has 3 aliphatic rings. The summed E-state index contributed by atoms with van der Waals surface area (Å²) in [5.41, 5.74) is -1.24. The molecule has 1 aromatic heterocycles. The molecule has 1 aromatic carbocycles. The largest absolute Gasteiger partial charge is 0.494 e. The van der Waals surface area contributed by atoms with Gasteiger partial charge in [0.2, 0.25) is 17.7 Å². The number of anilines is 1. The molecular formula is C24H27N7O6. The first kappa shape index (κ1) is 24.4. The van der Waals surface area contributed by atoms with Gasteiger partial charge in [0.25, 0.3) is 5.56 Å². The van der Waals surface area contributed by atoms with Crippen LogP contribution in [0.25, 0.3) is 0 Å². The van der Waals surface area contributed by atoms with Gasteiger partial charge in [-0.25, -0.2) is 9.59 Å². The number of aromatic hydroxyl groups is 1. The fourth-order valence-corrected chi connectivity index (χ4v) is 5.44. The molecule has 3 aliphatic heterocycles. The fraction of sp³-hybridized carbons (Fsp3) is 0.417. The van der Waals surface area contributed by atoms with Gasteiger partial charge in [-0.2, -0.15) is 0 Å². The Bertz CT molecular complexity index is 1450. The summed E-state index contributed by atoms with van der Waals surface area (Å²) in [6.07, 6.45) is 1.22. The number of benzene rings is 1. The number of aromatic amines is 1. The van der Waals surface area contributed by atoms with Crippen molar-refractivity contribution in [1.82, 2.24) is 25.1 Å². The monoisotopic (exact) mass is 509 g/mol. The van der Waals surface area contributed by atoms with Crippen LogP contribution in [0.3, 0.4) is 0 Å². The van der Waals surface area contributed by atoms with Crippen LogP contribution < -0.4 is 26.8 Å². The van der Waals surface area contributed by atoms with Gasteiger partial charge in [-0.05, 0) is 51.1 Å². The van der Waals surface area contributed by atoms with Crippen LogP contribution in [-0.4, -0.2) is 76.3 Å². The van der Waals surface area contributed by atoms with Crippen molar-refractivity contribution < 1.29 is 19.5 Å². The van der Waals surface area contributed by atoms with Gasteiger partial charge < -0.3 is 14.9 Å². The number of aliphatic imine (C=N–C) groups is 1. The summed E-state index contributed by atoms with van der Waals surface area (Å²) in [6, 6.07) is 3.57. The first-order valence-corrected chi connectivity index (χ1v) is 11.9. The number of hydrogen-bond donors (Lipinski definition) is 4. The number of nitrogens with one attached hydrogen (secondary N) is 3. The highest BCUT2D eigenvalue weighted by Crippen LogP contribution is 2.45. The van der Waals surface area contributed by atoms with Crippen molar-refractivity contribution in [2.75, 3.05) is 31.6 Å². The number of imide groups is 2. The van der Waals surface area contributed by atoms with E-state index >= 15 is 0 Å². The first-order chi connectivity index (χ1) is 17.5. The van der Waals surface area contributed by atoms with Crippen LogP contribution in [-0.2, 0) is 16.0 Å². The maximum Gasteiger partial charge on any atom is 0.331 e. The number of urea groups is 1. The summed E-state index contributed by atoms with van der Waals surface area (Å²) in [5, 5.41) is 15.0. The van der Waals surface area contributed by atoms with Crippen LogP contribution in [0, 0.1) is 5.41 Å². The second-order valence-corrected chi connectivity index (χ2v) is 9.89. The molecule has 0 aliphatic carbocycles. The van der Waals surface area contributed by atoms with Crippen LogP contribution in [0.15, 0.2) is 32.8 Å². The second kappa shape index (κ2) is 8.69. The Balaban J connectivity index is 1.57. The van der Waals surface area contributed by atoms with Gasteiger partial charge in [-0.3, -0.25) is 39.6 Å². The van der Waals surface area contributed by atoms with Gasteiger partial charge in [0.1, 0.15) is 5.56 Å². The average Bonchev–Trinajstić information content (AvgIpc) is 2.81. The summed E-state index contributed by atoms with van der Waals surface area (Å²) in [6.45, 7) is 5.14. The van der Waals surface area contributed by atoms with Gasteiger partial charge in [0.05, 0.1) is 11.7 Å². The lowest BCUT2D eigenvalue weighted by atomic mass is 9.68. The Hall–Kier alpha value is -4.26. The molecule has 0 saturated carbocycles. The zero-order valence-electron chi connectivity index (χ0n) is 20.6. The molecule has 4 heterocycles. The van der Waals surface area contributed by atoms with E-state index in [2.05, 4.69) is 20.6 Å². The molecule has 2 saturated heterocycles. The van der Waals surface area contributed by atoms with Crippen LogP contribution >= 0.6 is 0 Å². The molecule has 4 N–H and O–H groups in total. The van der Waals surface area contributed by atoms with Crippen LogP contribution in [0.4, 0.5) is 16.2 Å². The molecule has 0 unspecified atom stereocenters. The summed E-state index contributed by atoms with van der Waals surface area (Å²) >= 11 is 0. The molecular weight excluding hydrogens is 482 g/mol. The summed E-state index contributed by atoms with van der Waals surface area (Å²) in [7, 11) is 1.92. The predicted octanol–water partition coefficient (Wildman–Crippen LogP) is -0.397. The molecule has 37 heavy (non-hydrogen) atoms. The highest BCUT2D eigenvalue weighted by molar-refractivity contribution is 6.20. The molecule has 2 fully saturated rings. The molecule has 0 bridgehead atoms. The van der Waals surface area contributed by atoms with Crippen molar-refractivity contribution in [1.29, 1.82) is 0 Å². The third-order valence-electron chi connectivity index (χ3n) is 7.27. The van der Waals surface area contributed by atoms with E-state index in [-0.39, 0.29) is 12.0 Å². The van der Waals surface area contributed by atoms with Crippen molar-refractivity contribution in [3.63, 3.8) is 0 Å². The number of barbiturate groups is 1. The smallest absolute Gasteiger partial charge is 0.331 e. The molecule has 2 aromatic rings. The number of hydrogen-bond acceptors (Lipinski definition) is 9. The van der Waals surface area contributed by atoms with E-state index in [4.69, 9.17) is 0 Å². The van der Waals surface area contributed by atoms with Gasteiger partial charge >= 0.3 is 11.7 Å². The number of nitrogens with zero attached hydrogens (tertiary/aromatic N) is 4. The quantitative estimate of drug-likeness (QED) is 0.320. The van der Waals surface area contributed by atoms with E-state index in [0.717, 1.165) is 16.8 Å². The number of likely N-dealkylation sites (N-methyl/N-ethyl adjacent to an activating group) is 1. The van der Waals surface area contributed by atoms with Crippen molar-refractivity contribution in [3.05, 3.63) is 50.2 Å². The van der Waals surface area contributed by atoms with Crippen molar-refractivity contribution in [2.45, 2.75) is 32.4 Å². The number of carbonyl (C=O) groups is 3. The minimum atomic E-state index is -1.51. The lowest BCUT2D eigenvalue weighted by Gasteiger charge is -2.53. The second-order valence-electron chi connectivity index (χ2n) is 9.89. The topological polar surface area (TPSA) is 169 Å². The Labute approximate surface area is 210 Å². The van der Waals surface area contributed by atoms with E-state index in [9.17, 15) is 29.1 Å². The van der Waals surface area contributed by atoms with Crippen molar-refractivity contribution in [2.24, 2.45) is 10.4 Å². The number of piperazine rings is 1. The molecule has 1 spiro atoms. The molecule has 194 valence electrons. The van der Waals surface area contributed by atoms with Gasteiger partial charge in [-0.1, -0.05) is 0 Å². The van der Waals surface area contributed by atoms with Crippen LogP contribution in [0.5, 0.6) is 5.88 Å². The minimum absolute atomic E-state index is 0.0513. The zero-order chi connectivity index (χ0) is 26.6. The number of carbonyl (C=O) groups excluding carboxylic acids is 3. The fourth-order valence-electron chi connectivity index (χ4n) is 5.44. The number of fused-ring (bicyclic) bond motifs is 4. The molecule has 5 rings (SSSR count). The number of aromatic nitrogens is 2. The first-order valence-electron chi connectivity index (χ1n) is 11.9. The van der Waals surface area contributed by atoms with E-state index in [1.807, 2.05) is 22.9 Å². The standard InChI is InChI=1S/C24H27N7O6/c1-12(2)31-19(33)15(18(32)26-23(31)37)10-25-14-4-5-16-13(8-14)9-24(17-11-29(3)6-7-30(16)17)20(34)27-22(36)28-21(24)35/h4-5,8,10,12,17,33H,6-7,9,11H2,1-3H3,(H,26,32,37)(H2,27,28,34,35,36)/t17-/m0/s1. The van der Waals surface area contributed by atoms with Crippen molar-refractivity contribution >= 4 is 35.4 Å².